The number of ether oxygens (including phenoxy) is 2. The summed E-state index contributed by atoms with van der Waals surface area (Å²) in [6, 6.07) is 6.27. The van der Waals surface area contributed by atoms with Crippen molar-refractivity contribution in [3.63, 3.8) is 0 Å². The molecule has 1 aromatic carbocycles. The zero-order chi connectivity index (χ0) is 13.2. The number of aromatic amines is 1. The summed E-state index contributed by atoms with van der Waals surface area (Å²) in [4.78, 5) is 17.8. The lowest BCUT2D eigenvalue weighted by Crippen LogP contribution is -2.06. The Kier molecular flexibility index (Phi) is 2.83. The molecule has 19 heavy (non-hydrogen) atoms. The van der Waals surface area contributed by atoms with Crippen LogP contribution < -0.4 is 15.0 Å². The van der Waals surface area contributed by atoms with Crippen molar-refractivity contribution in [2.24, 2.45) is 0 Å². The van der Waals surface area contributed by atoms with Crippen LogP contribution in [-0.4, -0.2) is 28.3 Å². The molecule has 2 N–H and O–H groups in total. The van der Waals surface area contributed by atoms with E-state index < -0.39 is 5.56 Å². The molecule has 0 saturated heterocycles. The van der Waals surface area contributed by atoms with Crippen LogP contribution in [0.1, 0.15) is 6.42 Å². The third-order valence-corrected chi connectivity index (χ3v) is 2.75. The molecule has 0 spiro atoms. The smallest absolute Gasteiger partial charge is 0.254 e. The van der Waals surface area contributed by atoms with Crippen molar-refractivity contribution in [2.45, 2.75) is 6.42 Å². The fourth-order valence-electron chi connectivity index (χ4n) is 1.89. The summed E-state index contributed by atoms with van der Waals surface area (Å²) in [6.07, 6.45) is 0.825. The van der Waals surface area contributed by atoms with Gasteiger partial charge in [-0.3, -0.25) is 4.79 Å². The van der Waals surface area contributed by atoms with E-state index in [0.717, 1.165) is 12.5 Å². The van der Waals surface area contributed by atoms with Crippen LogP contribution in [0.3, 0.4) is 0 Å². The quantitative estimate of drug-likeness (QED) is 0.807. The highest BCUT2D eigenvalue weighted by Crippen LogP contribution is 2.33. The Labute approximate surface area is 108 Å². The number of aromatic hydroxyl groups is 1. The molecule has 98 valence electrons. The summed E-state index contributed by atoms with van der Waals surface area (Å²) in [6.45, 7) is 1.20. The Morgan fingerprint density at radius 1 is 1.16 bits per heavy atom. The van der Waals surface area contributed by atoms with Gasteiger partial charge >= 0.3 is 0 Å². The van der Waals surface area contributed by atoms with Gasteiger partial charge in [-0.25, -0.2) is 0 Å². The number of hydrogen-bond donors (Lipinski definition) is 2. The first-order chi connectivity index (χ1) is 9.22. The van der Waals surface area contributed by atoms with Gasteiger partial charge in [0.2, 0.25) is 5.88 Å². The average molecular weight is 260 g/mol. The zero-order valence-electron chi connectivity index (χ0n) is 10.0. The van der Waals surface area contributed by atoms with Crippen LogP contribution in [0.15, 0.2) is 29.1 Å². The topological polar surface area (TPSA) is 84.4 Å². The first-order valence-corrected chi connectivity index (χ1v) is 5.93. The molecule has 1 aromatic heterocycles. The van der Waals surface area contributed by atoms with Crippen LogP contribution >= 0.6 is 0 Å². The first kappa shape index (κ1) is 11.6. The van der Waals surface area contributed by atoms with Crippen LogP contribution in [0, 0.1) is 0 Å². The Balaban J connectivity index is 2.06. The van der Waals surface area contributed by atoms with Gasteiger partial charge in [0.05, 0.1) is 19.3 Å². The molecule has 0 radical (unpaired) electrons. The van der Waals surface area contributed by atoms with Crippen molar-refractivity contribution in [2.75, 3.05) is 13.2 Å². The average Bonchev–Trinajstić information content (AvgIpc) is 2.61. The van der Waals surface area contributed by atoms with E-state index in [1.54, 1.807) is 18.2 Å². The van der Waals surface area contributed by atoms with E-state index in [1.165, 1.54) is 0 Å². The molecule has 0 saturated carbocycles. The van der Waals surface area contributed by atoms with Crippen molar-refractivity contribution in [1.82, 2.24) is 9.97 Å². The molecule has 0 unspecified atom stereocenters. The maximum atomic E-state index is 11.3. The maximum Gasteiger partial charge on any atom is 0.254 e. The molecule has 0 atom stereocenters. The highest BCUT2D eigenvalue weighted by molar-refractivity contribution is 5.61. The van der Waals surface area contributed by atoms with E-state index in [4.69, 9.17) is 9.47 Å². The lowest BCUT2D eigenvalue weighted by molar-refractivity contribution is 0.297. The van der Waals surface area contributed by atoms with Crippen molar-refractivity contribution in [3.8, 4) is 28.8 Å². The predicted molar refractivity (Wildman–Crippen MR) is 67.6 cm³/mol. The van der Waals surface area contributed by atoms with E-state index >= 15 is 0 Å². The summed E-state index contributed by atoms with van der Waals surface area (Å²) in [7, 11) is 0. The van der Waals surface area contributed by atoms with Gasteiger partial charge in [0.15, 0.2) is 11.5 Å². The highest BCUT2D eigenvalue weighted by atomic mass is 16.5. The number of H-pyrrole nitrogens is 1. The standard InChI is InChI=1S/C13H12N2O4/c16-11-7-12(17)15-13(14-11)8-2-3-9-10(6-8)19-5-1-4-18-9/h2-3,6-7H,1,4-5H2,(H2,14,15,16,17). The number of fused-ring (bicyclic) bond motifs is 1. The van der Waals surface area contributed by atoms with Crippen LogP contribution in [0.2, 0.25) is 0 Å². The summed E-state index contributed by atoms with van der Waals surface area (Å²) >= 11 is 0. The molecule has 2 heterocycles. The Bertz CT molecular complexity index is 666. The van der Waals surface area contributed by atoms with Gasteiger partial charge in [-0.1, -0.05) is 0 Å². The fourth-order valence-corrected chi connectivity index (χ4v) is 1.89. The summed E-state index contributed by atoms with van der Waals surface area (Å²) in [5.41, 5.74) is 0.242. The Morgan fingerprint density at radius 3 is 2.74 bits per heavy atom. The third-order valence-electron chi connectivity index (χ3n) is 2.75. The minimum atomic E-state index is -0.408. The first-order valence-electron chi connectivity index (χ1n) is 5.93. The number of nitrogens with one attached hydrogen (secondary N) is 1. The van der Waals surface area contributed by atoms with Crippen LogP contribution in [0.25, 0.3) is 11.4 Å². The van der Waals surface area contributed by atoms with E-state index in [2.05, 4.69) is 9.97 Å². The Morgan fingerprint density at radius 2 is 1.95 bits per heavy atom. The molecule has 1 aliphatic rings. The van der Waals surface area contributed by atoms with Gasteiger partial charge in [0, 0.05) is 12.0 Å². The molecule has 0 aliphatic carbocycles. The zero-order valence-corrected chi connectivity index (χ0v) is 10.0. The lowest BCUT2D eigenvalue weighted by atomic mass is 10.2. The second kappa shape index (κ2) is 4.64. The van der Waals surface area contributed by atoms with Crippen molar-refractivity contribution in [3.05, 3.63) is 34.6 Å². The molecule has 2 aromatic rings. The van der Waals surface area contributed by atoms with Gasteiger partial charge < -0.3 is 19.6 Å². The number of rotatable bonds is 1. The van der Waals surface area contributed by atoms with Gasteiger partial charge in [-0.15, -0.1) is 0 Å². The van der Waals surface area contributed by atoms with Gasteiger partial charge in [-0.05, 0) is 18.2 Å². The molecule has 3 rings (SSSR count). The van der Waals surface area contributed by atoms with E-state index in [1.807, 2.05) is 0 Å². The highest BCUT2D eigenvalue weighted by Gasteiger charge is 2.12. The van der Waals surface area contributed by atoms with Crippen LogP contribution in [0.4, 0.5) is 0 Å². The molecule has 0 amide bonds. The fraction of sp³-hybridized carbons (Fsp3) is 0.231. The lowest BCUT2D eigenvalue weighted by Gasteiger charge is -2.08. The monoisotopic (exact) mass is 260 g/mol. The minimum Gasteiger partial charge on any atom is -0.493 e. The van der Waals surface area contributed by atoms with Crippen LogP contribution in [0.5, 0.6) is 17.4 Å². The van der Waals surface area contributed by atoms with Crippen molar-refractivity contribution in [1.29, 1.82) is 0 Å². The molecular formula is C13H12N2O4. The number of benzene rings is 1. The predicted octanol–water partition coefficient (Wildman–Crippen LogP) is 1.30. The Hall–Kier alpha value is -2.50. The second-order valence-electron chi connectivity index (χ2n) is 4.16. The molecule has 0 bridgehead atoms. The van der Waals surface area contributed by atoms with Gasteiger partial charge in [0.1, 0.15) is 5.82 Å². The van der Waals surface area contributed by atoms with E-state index in [9.17, 15) is 9.90 Å². The summed E-state index contributed by atoms with van der Waals surface area (Å²) in [5.74, 6) is 1.26. The molecule has 6 nitrogen and oxygen atoms in total. The van der Waals surface area contributed by atoms with Crippen LogP contribution in [-0.2, 0) is 0 Å². The molecule has 6 heteroatoms. The number of nitrogens with zero attached hydrogens (tertiary/aromatic N) is 1. The SMILES string of the molecule is O=c1cc(O)nc(-c2ccc3c(c2)OCCCO3)[nH]1. The summed E-state index contributed by atoms with van der Waals surface area (Å²) < 4.78 is 11.1. The second-order valence-corrected chi connectivity index (χ2v) is 4.16. The third kappa shape index (κ3) is 2.37. The van der Waals surface area contributed by atoms with Crippen molar-refractivity contribution < 1.29 is 14.6 Å². The van der Waals surface area contributed by atoms with E-state index in [-0.39, 0.29) is 5.88 Å². The number of hydrogen-bond acceptors (Lipinski definition) is 5. The maximum absolute atomic E-state index is 11.3. The van der Waals surface area contributed by atoms with Crippen molar-refractivity contribution >= 4 is 0 Å². The normalized spacial score (nSPS) is 13.9. The molecular weight excluding hydrogens is 248 g/mol. The van der Waals surface area contributed by atoms with Gasteiger partial charge in [0.25, 0.3) is 5.56 Å². The van der Waals surface area contributed by atoms with E-state index in [0.29, 0.717) is 36.1 Å². The van der Waals surface area contributed by atoms with Gasteiger partial charge in [-0.2, -0.15) is 4.98 Å². The molecule has 0 fully saturated rings. The molecule has 1 aliphatic heterocycles. The summed E-state index contributed by atoms with van der Waals surface area (Å²) in [5, 5.41) is 9.35. The number of aromatic nitrogens is 2. The largest absolute Gasteiger partial charge is 0.493 e. The minimum absolute atomic E-state index is 0.292.